The third-order valence-corrected chi connectivity index (χ3v) is 8.02. The van der Waals surface area contributed by atoms with E-state index in [0.29, 0.717) is 30.2 Å². The monoisotopic (exact) mass is 739 g/mol. The third-order valence-electron chi connectivity index (χ3n) is 8.02. The Labute approximate surface area is 290 Å². The molecule has 1 fully saturated rings. The van der Waals surface area contributed by atoms with Gasteiger partial charge in [-0.2, -0.15) is 0 Å². The molecule has 0 unspecified atom stereocenters. The van der Waals surface area contributed by atoms with Gasteiger partial charge in [0.15, 0.2) is 0 Å². The van der Waals surface area contributed by atoms with Gasteiger partial charge < -0.3 is 29.0 Å². The van der Waals surface area contributed by atoms with Crippen LogP contribution >= 0.6 is 17.0 Å². The molecule has 5 aromatic rings. The van der Waals surface area contributed by atoms with Gasteiger partial charge >= 0.3 is 6.36 Å². The number of aryl methyl sites for hydroxylation is 1. The van der Waals surface area contributed by atoms with E-state index in [1.54, 1.807) is 25.3 Å². The van der Waals surface area contributed by atoms with Gasteiger partial charge in [-0.1, -0.05) is 12.1 Å². The van der Waals surface area contributed by atoms with Crippen molar-refractivity contribution in [2.45, 2.75) is 12.9 Å². The number of halogens is 4. The molecule has 256 valence electrons. The standard InChI is InChI=1S/C35H32F3N5O5.BrH/c1-41-30-13-12-29(47-32-14-7-26(21-39-32)40-33(44)24-5-10-28(11-6-24)48-35(36,37)38)19-25(30)20-31(41)34(45)43-17-15-42(16-18-43)22-23-3-8-27(46-2)9-4-23;/h3-14,19-21H,15-18,22H2,1-2H3,(H,40,44);1H. The van der Waals surface area contributed by atoms with Crippen molar-refractivity contribution in [3.05, 3.63) is 108 Å². The number of ether oxygens (including phenoxy) is 3. The predicted octanol–water partition coefficient (Wildman–Crippen LogP) is 7.06. The van der Waals surface area contributed by atoms with Gasteiger partial charge in [0.2, 0.25) is 5.88 Å². The molecule has 3 aromatic carbocycles. The van der Waals surface area contributed by atoms with Crippen LogP contribution < -0.4 is 19.5 Å². The largest absolute Gasteiger partial charge is 0.573 e. The van der Waals surface area contributed by atoms with Crippen LogP contribution in [0, 0.1) is 0 Å². The molecule has 1 aliphatic heterocycles. The number of alkyl halides is 3. The summed E-state index contributed by atoms with van der Waals surface area (Å²) in [7, 11) is 3.52. The van der Waals surface area contributed by atoms with E-state index >= 15 is 0 Å². The Balaban J connectivity index is 0.00000468. The number of benzene rings is 3. The Morgan fingerprint density at radius 3 is 2.16 bits per heavy atom. The van der Waals surface area contributed by atoms with E-state index in [9.17, 15) is 22.8 Å². The highest BCUT2D eigenvalue weighted by Gasteiger charge is 2.31. The SMILES string of the molecule is Br.COc1ccc(CN2CCN(C(=O)c3cc4cc(Oc5ccc(NC(=O)c6ccc(OC(F)(F)F)cc6)cn5)ccc4n3C)CC2)cc1. The van der Waals surface area contributed by atoms with Crippen LogP contribution in [0.2, 0.25) is 0 Å². The van der Waals surface area contributed by atoms with Gasteiger partial charge in [0, 0.05) is 62.3 Å². The smallest absolute Gasteiger partial charge is 0.497 e. The molecule has 2 amide bonds. The quantitative estimate of drug-likeness (QED) is 0.173. The number of amides is 2. The van der Waals surface area contributed by atoms with E-state index in [0.717, 1.165) is 48.4 Å². The molecular formula is C35H33BrF3N5O5. The van der Waals surface area contributed by atoms with Crippen molar-refractivity contribution >= 4 is 45.4 Å². The van der Waals surface area contributed by atoms with Crippen LogP contribution in [-0.2, 0) is 13.6 Å². The number of piperazine rings is 1. The Kier molecular flexibility index (Phi) is 10.8. The summed E-state index contributed by atoms with van der Waals surface area (Å²) in [6, 6.07) is 23.2. The number of carbonyl (C=O) groups excluding carboxylic acids is 2. The van der Waals surface area contributed by atoms with Gasteiger partial charge in [0.1, 0.15) is 22.9 Å². The fourth-order valence-electron chi connectivity index (χ4n) is 5.50. The molecule has 3 heterocycles. The molecule has 0 bridgehead atoms. The molecule has 1 aliphatic rings. The number of anilines is 1. The number of fused-ring (bicyclic) bond motifs is 1. The van der Waals surface area contributed by atoms with Crippen LogP contribution in [0.25, 0.3) is 10.9 Å². The summed E-state index contributed by atoms with van der Waals surface area (Å²) < 4.78 is 54.0. The Morgan fingerprint density at radius 2 is 1.53 bits per heavy atom. The van der Waals surface area contributed by atoms with Gasteiger partial charge in [-0.3, -0.25) is 14.5 Å². The normalized spacial score (nSPS) is 13.4. The first-order valence-corrected chi connectivity index (χ1v) is 15.1. The summed E-state index contributed by atoms with van der Waals surface area (Å²) in [5.74, 6) is 0.651. The lowest BCUT2D eigenvalue weighted by Crippen LogP contribution is -2.48. The predicted molar refractivity (Wildman–Crippen MR) is 183 cm³/mol. The molecule has 10 nitrogen and oxygen atoms in total. The lowest BCUT2D eigenvalue weighted by Gasteiger charge is -2.34. The summed E-state index contributed by atoms with van der Waals surface area (Å²) in [5.41, 5.74) is 3.18. The number of hydrogen-bond acceptors (Lipinski definition) is 7. The second kappa shape index (κ2) is 15.0. The van der Waals surface area contributed by atoms with E-state index in [1.807, 2.05) is 46.8 Å². The molecule has 1 N–H and O–H groups in total. The average Bonchev–Trinajstić information content (AvgIpc) is 3.40. The van der Waals surface area contributed by atoms with Crippen molar-refractivity contribution in [1.29, 1.82) is 0 Å². The van der Waals surface area contributed by atoms with Crippen LogP contribution in [0.5, 0.6) is 23.1 Å². The van der Waals surface area contributed by atoms with Crippen molar-refractivity contribution < 1.29 is 37.0 Å². The number of methoxy groups -OCH3 is 1. The van der Waals surface area contributed by atoms with Crippen molar-refractivity contribution in [3.8, 4) is 23.1 Å². The number of hydrogen-bond donors (Lipinski definition) is 1. The zero-order valence-electron chi connectivity index (χ0n) is 26.6. The van der Waals surface area contributed by atoms with E-state index in [2.05, 4.69) is 32.1 Å². The molecule has 49 heavy (non-hydrogen) atoms. The van der Waals surface area contributed by atoms with Gasteiger partial charge in [0.25, 0.3) is 11.8 Å². The molecular weight excluding hydrogens is 707 g/mol. The minimum Gasteiger partial charge on any atom is -0.497 e. The summed E-state index contributed by atoms with van der Waals surface area (Å²) in [6.45, 7) is 3.65. The highest BCUT2D eigenvalue weighted by atomic mass is 79.9. The lowest BCUT2D eigenvalue weighted by atomic mass is 10.2. The molecule has 14 heteroatoms. The van der Waals surface area contributed by atoms with E-state index in [4.69, 9.17) is 9.47 Å². The van der Waals surface area contributed by atoms with Crippen LogP contribution in [0.15, 0.2) is 91.1 Å². The molecule has 0 saturated carbocycles. The summed E-state index contributed by atoms with van der Waals surface area (Å²) in [6.07, 6.45) is -3.41. The van der Waals surface area contributed by atoms with Crippen molar-refractivity contribution in [2.75, 3.05) is 38.6 Å². The maximum atomic E-state index is 13.5. The van der Waals surface area contributed by atoms with Crippen LogP contribution in [-0.4, -0.2) is 70.8 Å². The molecule has 0 spiro atoms. The maximum absolute atomic E-state index is 13.5. The van der Waals surface area contributed by atoms with E-state index < -0.39 is 18.0 Å². The second-order valence-corrected chi connectivity index (χ2v) is 11.2. The molecule has 0 radical (unpaired) electrons. The Morgan fingerprint density at radius 1 is 0.857 bits per heavy atom. The number of nitrogens with one attached hydrogen (secondary N) is 1. The Bertz CT molecular complexity index is 1910. The number of aromatic nitrogens is 2. The second-order valence-electron chi connectivity index (χ2n) is 11.2. The van der Waals surface area contributed by atoms with E-state index in [1.165, 1.54) is 23.9 Å². The highest BCUT2D eigenvalue weighted by molar-refractivity contribution is 8.93. The van der Waals surface area contributed by atoms with E-state index in [-0.39, 0.29) is 34.3 Å². The van der Waals surface area contributed by atoms with Crippen LogP contribution in [0.1, 0.15) is 26.4 Å². The zero-order chi connectivity index (χ0) is 33.8. The summed E-state index contributed by atoms with van der Waals surface area (Å²) >= 11 is 0. The number of pyridine rings is 1. The van der Waals surface area contributed by atoms with Gasteiger partial charge in [-0.15, -0.1) is 30.2 Å². The highest BCUT2D eigenvalue weighted by Crippen LogP contribution is 2.28. The lowest BCUT2D eigenvalue weighted by molar-refractivity contribution is -0.274. The first kappa shape index (κ1) is 35.2. The fraction of sp³-hybridized carbons (Fsp3) is 0.229. The minimum atomic E-state index is -4.81. The maximum Gasteiger partial charge on any atom is 0.573 e. The first-order chi connectivity index (χ1) is 23.0. The number of nitrogens with zero attached hydrogens (tertiary/aromatic N) is 4. The molecule has 1 saturated heterocycles. The van der Waals surface area contributed by atoms with Gasteiger partial charge in [-0.25, -0.2) is 4.98 Å². The van der Waals surface area contributed by atoms with Crippen molar-refractivity contribution in [3.63, 3.8) is 0 Å². The summed E-state index contributed by atoms with van der Waals surface area (Å²) in [4.78, 5) is 34.5. The Hall–Kier alpha value is -5.08. The van der Waals surface area contributed by atoms with Gasteiger partial charge in [-0.05, 0) is 72.3 Å². The zero-order valence-corrected chi connectivity index (χ0v) is 28.3. The van der Waals surface area contributed by atoms with Gasteiger partial charge in [0.05, 0.1) is 19.0 Å². The summed E-state index contributed by atoms with van der Waals surface area (Å²) in [5, 5.41) is 3.48. The first-order valence-electron chi connectivity index (χ1n) is 15.1. The molecule has 2 aromatic heterocycles. The van der Waals surface area contributed by atoms with Crippen molar-refractivity contribution in [2.24, 2.45) is 7.05 Å². The molecule has 6 rings (SSSR count). The topological polar surface area (TPSA) is 98.2 Å². The minimum absolute atomic E-state index is 0. The van der Waals surface area contributed by atoms with Crippen molar-refractivity contribution in [1.82, 2.24) is 19.4 Å². The fourth-order valence-corrected chi connectivity index (χ4v) is 5.50. The molecule has 0 atom stereocenters. The van der Waals surface area contributed by atoms with Crippen LogP contribution in [0.3, 0.4) is 0 Å². The van der Waals surface area contributed by atoms with Crippen LogP contribution in [0.4, 0.5) is 18.9 Å². The number of rotatable bonds is 9. The third kappa shape index (κ3) is 8.69. The molecule has 0 aliphatic carbocycles. The average molecular weight is 741 g/mol. The number of carbonyl (C=O) groups is 2.